The van der Waals surface area contributed by atoms with Crippen molar-refractivity contribution in [3.8, 4) is 23.0 Å². The molecule has 2 aromatic rings. The molecule has 23 heavy (non-hydrogen) atoms. The lowest BCUT2D eigenvalue weighted by Gasteiger charge is -2.34. The van der Waals surface area contributed by atoms with Gasteiger partial charge in [0, 0.05) is 17.7 Å². The van der Waals surface area contributed by atoms with Gasteiger partial charge in [0.25, 0.3) is 0 Å². The van der Waals surface area contributed by atoms with Gasteiger partial charge in [0.2, 0.25) is 5.79 Å². The Bertz CT molecular complexity index is 752. The highest BCUT2D eigenvalue weighted by molar-refractivity contribution is 6.03. The van der Waals surface area contributed by atoms with E-state index >= 15 is 0 Å². The van der Waals surface area contributed by atoms with Crippen LogP contribution < -0.4 is 14.2 Å². The van der Waals surface area contributed by atoms with Gasteiger partial charge in [0.1, 0.15) is 28.6 Å². The summed E-state index contributed by atoms with van der Waals surface area (Å²) in [7, 11) is 2.97. The Morgan fingerprint density at radius 1 is 1.09 bits per heavy atom. The maximum atomic E-state index is 12.4. The van der Waals surface area contributed by atoms with Crippen LogP contribution in [0.3, 0.4) is 0 Å². The molecule has 1 atom stereocenters. The first-order chi connectivity index (χ1) is 11.0. The van der Waals surface area contributed by atoms with Crippen LogP contribution in [-0.2, 0) is 5.79 Å². The Morgan fingerprint density at radius 3 is 2.35 bits per heavy atom. The van der Waals surface area contributed by atoms with E-state index in [1.165, 1.54) is 26.4 Å². The number of carbonyl (C=O) groups excluding carboxylic acids is 1. The molecule has 0 saturated carbocycles. The highest BCUT2D eigenvalue weighted by Crippen LogP contribution is 2.43. The number of hydrogen-bond acceptors (Lipinski definition) is 6. The van der Waals surface area contributed by atoms with Gasteiger partial charge in [-0.15, -0.1) is 0 Å². The first kappa shape index (κ1) is 15.2. The minimum atomic E-state index is -1.81. The Balaban J connectivity index is 2.04. The molecule has 0 amide bonds. The third-order valence-corrected chi connectivity index (χ3v) is 3.79. The summed E-state index contributed by atoms with van der Waals surface area (Å²) in [5.74, 6) is -1.43. The monoisotopic (exact) mass is 316 g/mol. The topological polar surface area (TPSA) is 85.2 Å². The summed E-state index contributed by atoms with van der Waals surface area (Å²) < 4.78 is 15.8. The molecule has 6 nitrogen and oxygen atoms in total. The molecular formula is C17H16O6. The molecule has 0 saturated heterocycles. The number of rotatable bonds is 3. The van der Waals surface area contributed by atoms with E-state index in [1.807, 2.05) is 0 Å². The summed E-state index contributed by atoms with van der Waals surface area (Å²) in [5.41, 5.74) is 0.462. The second-order valence-corrected chi connectivity index (χ2v) is 5.23. The van der Waals surface area contributed by atoms with E-state index in [-0.39, 0.29) is 23.5 Å². The number of phenols is 1. The van der Waals surface area contributed by atoms with Crippen LogP contribution in [0, 0.1) is 0 Å². The summed E-state index contributed by atoms with van der Waals surface area (Å²) in [5, 5.41) is 20.7. The number of fused-ring (bicyclic) bond motifs is 1. The Morgan fingerprint density at radius 2 is 1.74 bits per heavy atom. The largest absolute Gasteiger partial charge is 0.507 e. The van der Waals surface area contributed by atoms with Crippen LogP contribution in [-0.4, -0.2) is 30.2 Å². The fourth-order valence-corrected chi connectivity index (χ4v) is 2.59. The summed E-state index contributed by atoms with van der Waals surface area (Å²) in [4.78, 5) is 12.4. The zero-order valence-electron chi connectivity index (χ0n) is 12.7. The molecule has 3 rings (SSSR count). The third-order valence-electron chi connectivity index (χ3n) is 3.79. The fraction of sp³-hybridized carbons (Fsp3) is 0.235. The molecule has 120 valence electrons. The first-order valence-electron chi connectivity index (χ1n) is 6.97. The third kappa shape index (κ3) is 2.57. The van der Waals surface area contributed by atoms with E-state index in [0.717, 1.165) is 0 Å². The van der Waals surface area contributed by atoms with Crippen LogP contribution in [0.1, 0.15) is 22.3 Å². The maximum Gasteiger partial charge on any atom is 0.242 e. The van der Waals surface area contributed by atoms with Gasteiger partial charge in [-0.05, 0) is 24.3 Å². The molecule has 2 aromatic carbocycles. The Labute approximate surface area is 132 Å². The van der Waals surface area contributed by atoms with Crippen molar-refractivity contribution in [1.29, 1.82) is 0 Å². The van der Waals surface area contributed by atoms with E-state index in [4.69, 9.17) is 14.2 Å². The van der Waals surface area contributed by atoms with Crippen molar-refractivity contribution in [1.82, 2.24) is 0 Å². The molecule has 0 bridgehead atoms. The highest BCUT2D eigenvalue weighted by Gasteiger charge is 2.42. The minimum absolute atomic E-state index is 0.0454. The van der Waals surface area contributed by atoms with E-state index in [9.17, 15) is 15.0 Å². The average molecular weight is 316 g/mol. The predicted octanol–water partition coefficient (Wildman–Crippen LogP) is 2.22. The molecule has 1 aliphatic rings. The van der Waals surface area contributed by atoms with E-state index < -0.39 is 11.6 Å². The summed E-state index contributed by atoms with van der Waals surface area (Å²) in [6, 6.07) is 9.37. The first-order valence-corrected chi connectivity index (χ1v) is 6.97. The zero-order valence-corrected chi connectivity index (χ0v) is 12.7. The van der Waals surface area contributed by atoms with Crippen molar-refractivity contribution in [2.45, 2.75) is 12.2 Å². The van der Waals surface area contributed by atoms with Gasteiger partial charge in [0.15, 0.2) is 5.78 Å². The molecule has 1 aliphatic heterocycles. The van der Waals surface area contributed by atoms with E-state index in [1.54, 1.807) is 24.3 Å². The number of aliphatic hydroxyl groups is 1. The Hall–Kier alpha value is -2.73. The number of hydrogen-bond donors (Lipinski definition) is 2. The number of aromatic hydroxyl groups is 1. The van der Waals surface area contributed by atoms with Crippen molar-refractivity contribution in [3.05, 3.63) is 47.5 Å². The van der Waals surface area contributed by atoms with Crippen LogP contribution in [0.15, 0.2) is 36.4 Å². The van der Waals surface area contributed by atoms with Crippen molar-refractivity contribution in [3.63, 3.8) is 0 Å². The maximum absolute atomic E-state index is 12.4. The van der Waals surface area contributed by atoms with E-state index in [2.05, 4.69) is 0 Å². The molecule has 2 N–H and O–H groups in total. The van der Waals surface area contributed by atoms with Gasteiger partial charge in [-0.25, -0.2) is 0 Å². The molecule has 0 aromatic heterocycles. The van der Waals surface area contributed by atoms with Gasteiger partial charge >= 0.3 is 0 Å². The van der Waals surface area contributed by atoms with Crippen LogP contribution in [0.5, 0.6) is 23.0 Å². The number of ketones is 1. The van der Waals surface area contributed by atoms with Gasteiger partial charge < -0.3 is 24.4 Å². The highest BCUT2D eigenvalue weighted by atomic mass is 16.6. The van der Waals surface area contributed by atoms with Crippen molar-refractivity contribution in [2.75, 3.05) is 14.2 Å². The number of phenolic OH excluding ortho intramolecular Hbond substituents is 1. The van der Waals surface area contributed by atoms with Gasteiger partial charge in [-0.2, -0.15) is 0 Å². The number of ether oxygens (including phenoxy) is 3. The lowest BCUT2D eigenvalue weighted by Crippen LogP contribution is -2.39. The Kier molecular flexibility index (Phi) is 3.61. The predicted molar refractivity (Wildman–Crippen MR) is 81.1 cm³/mol. The molecule has 0 spiro atoms. The molecule has 0 unspecified atom stereocenters. The summed E-state index contributed by atoms with van der Waals surface area (Å²) in [6.07, 6.45) is -0.299. The lowest BCUT2D eigenvalue weighted by atomic mass is 9.92. The van der Waals surface area contributed by atoms with Crippen molar-refractivity contribution >= 4 is 5.78 Å². The van der Waals surface area contributed by atoms with Gasteiger partial charge in [0.05, 0.1) is 20.6 Å². The second kappa shape index (κ2) is 5.48. The quantitative estimate of drug-likeness (QED) is 0.903. The van der Waals surface area contributed by atoms with Crippen molar-refractivity contribution < 1.29 is 29.2 Å². The zero-order chi connectivity index (χ0) is 16.6. The second-order valence-electron chi connectivity index (χ2n) is 5.23. The number of methoxy groups -OCH3 is 2. The number of carbonyl (C=O) groups is 1. The minimum Gasteiger partial charge on any atom is -0.507 e. The average Bonchev–Trinajstić information content (AvgIpc) is 2.53. The molecular weight excluding hydrogens is 300 g/mol. The molecule has 0 aliphatic carbocycles. The summed E-state index contributed by atoms with van der Waals surface area (Å²) in [6.45, 7) is 0. The summed E-state index contributed by atoms with van der Waals surface area (Å²) >= 11 is 0. The fourth-order valence-electron chi connectivity index (χ4n) is 2.59. The molecule has 6 heteroatoms. The van der Waals surface area contributed by atoms with Gasteiger partial charge in [-0.3, -0.25) is 4.79 Å². The normalized spacial score (nSPS) is 19.7. The smallest absolute Gasteiger partial charge is 0.242 e. The standard InChI is InChI=1S/C17H16O6/c1-21-11-5-3-10(4-6-11)17(20)9-14(19)16-13(18)7-12(22-2)8-15(16)23-17/h3-8,18,20H,9H2,1-2H3/t17-/m0/s1. The number of benzene rings is 2. The lowest BCUT2D eigenvalue weighted by molar-refractivity contribution is -0.147. The van der Waals surface area contributed by atoms with E-state index in [0.29, 0.717) is 17.1 Å². The van der Waals surface area contributed by atoms with Crippen LogP contribution in [0.2, 0.25) is 0 Å². The van der Waals surface area contributed by atoms with Crippen LogP contribution in [0.25, 0.3) is 0 Å². The number of Topliss-reactive ketones (excluding diaryl/α,β-unsaturated/α-hetero) is 1. The van der Waals surface area contributed by atoms with Gasteiger partial charge in [-0.1, -0.05) is 0 Å². The molecule has 1 heterocycles. The SMILES string of the molecule is COc1ccc([C@]2(O)CC(=O)c3c(O)cc(OC)cc3O2)cc1. The van der Waals surface area contributed by atoms with Crippen molar-refractivity contribution in [2.24, 2.45) is 0 Å². The molecule has 0 radical (unpaired) electrons. The van der Waals surface area contributed by atoms with Crippen LogP contribution in [0.4, 0.5) is 0 Å². The molecule has 0 fully saturated rings. The van der Waals surface area contributed by atoms with Crippen LogP contribution >= 0.6 is 0 Å².